The van der Waals surface area contributed by atoms with Crippen molar-refractivity contribution < 1.29 is 9.53 Å². The Labute approximate surface area is 126 Å². The first-order valence-electron chi connectivity index (χ1n) is 8.44. The second-order valence-electron chi connectivity index (χ2n) is 5.94. The third-order valence-corrected chi connectivity index (χ3v) is 3.73. The van der Waals surface area contributed by atoms with Gasteiger partial charge in [-0.2, -0.15) is 0 Å². The van der Waals surface area contributed by atoms with Crippen molar-refractivity contribution in [3.8, 4) is 0 Å². The van der Waals surface area contributed by atoms with Gasteiger partial charge in [-0.15, -0.1) is 0 Å². The molecule has 0 aromatic rings. The lowest BCUT2D eigenvalue weighted by molar-refractivity contribution is -0.140. The van der Waals surface area contributed by atoms with Crippen molar-refractivity contribution in [2.75, 3.05) is 6.61 Å². The Balaban J connectivity index is 3.96. The van der Waals surface area contributed by atoms with E-state index in [0.717, 1.165) is 0 Å². The monoisotopic (exact) mass is 282 g/mol. The Kier molecular flexibility index (Phi) is 12.7. The van der Waals surface area contributed by atoms with Crippen LogP contribution in [0.25, 0.3) is 0 Å². The molecule has 0 spiro atoms. The third-order valence-electron chi connectivity index (χ3n) is 3.73. The molecule has 0 saturated heterocycles. The SMILES string of the molecule is C=C(C)C(=O)OCC(CCCCCC)CCCCCC. The number of carbonyl (C=O) groups excluding carboxylic acids is 1. The Bertz CT molecular complexity index is 246. The van der Waals surface area contributed by atoms with Crippen LogP contribution in [0.2, 0.25) is 0 Å². The van der Waals surface area contributed by atoms with E-state index in [1.165, 1.54) is 64.2 Å². The fourth-order valence-electron chi connectivity index (χ4n) is 2.35. The first-order valence-corrected chi connectivity index (χ1v) is 8.44. The number of hydrogen-bond acceptors (Lipinski definition) is 2. The van der Waals surface area contributed by atoms with Crippen LogP contribution in [-0.2, 0) is 9.53 Å². The summed E-state index contributed by atoms with van der Waals surface area (Å²) in [4.78, 5) is 11.5. The zero-order valence-corrected chi connectivity index (χ0v) is 13.9. The molecule has 2 nitrogen and oxygen atoms in total. The van der Waals surface area contributed by atoms with Crippen molar-refractivity contribution in [1.29, 1.82) is 0 Å². The molecule has 20 heavy (non-hydrogen) atoms. The second-order valence-corrected chi connectivity index (χ2v) is 5.94. The Hall–Kier alpha value is -0.790. The number of ether oxygens (including phenoxy) is 1. The zero-order valence-electron chi connectivity index (χ0n) is 13.9. The van der Waals surface area contributed by atoms with Gasteiger partial charge in [0.15, 0.2) is 0 Å². The maximum absolute atomic E-state index is 11.5. The largest absolute Gasteiger partial charge is 0.462 e. The van der Waals surface area contributed by atoms with Crippen molar-refractivity contribution in [3.05, 3.63) is 12.2 Å². The van der Waals surface area contributed by atoms with Crippen molar-refractivity contribution in [3.63, 3.8) is 0 Å². The molecule has 0 amide bonds. The number of unbranched alkanes of at least 4 members (excludes halogenated alkanes) is 6. The average molecular weight is 282 g/mol. The van der Waals surface area contributed by atoms with Crippen LogP contribution in [0.15, 0.2) is 12.2 Å². The van der Waals surface area contributed by atoms with Gasteiger partial charge < -0.3 is 4.74 Å². The minimum Gasteiger partial charge on any atom is -0.462 e. The molecule has 2 heteroatoms. The maximum Gasteiger partial charge on any atom is 0.333 e. The molecule has 0 aromatic carbocycles. The molecule has 0 heterocycles. The fourth-order valence-corrected chi connectivity index (χ4v) is 2.35. The van der Waals surface area contributed by atoms with Crippen molar-refractivity contribution in [2.24, 2.45) is 5.92 Å². The van der Waals surface area contributed by atoms with Crippen LogP contribution in [0.5, 0.6) is 0 Å². The number of esters is 1. The predicted octanol–water partition coefficient (Wildman–Crippen LogP) is 5.66. The van der Waals surface area contributed by atoms with Gasteiger partial charge in [0.25, 0.3) is 0 Å². The van der Waals surface area contributed by atoms with Gasteiger partial charge in [0.2, 0.25) is 0 Å². The standard InChI is InChI=1S/C18H34O2/c1-5-7-9-11-13-17(14-12-10-8-6-2)15-20-18(19)16(3)4/h17H,3,5-15H2,1-2,4H3. The van der Waals surface area contributed by atoms with E-state index in [0.29, 0.717) is 18.1 Å². The van der Waals surface area contributed by atoms with E-state index >= 15 is 0 Å². The molecular formula is C18H34O2. The number of carbonyl (C=O) groups is 1. The molecule has 0 atom stereocenters. The van der Waals surface area contributed by atoms with E-state index in [-0.39, 0.29) is 5.97 Å². The van der Waals surface area contributed by atoms with Gasteiger partial charge in [-0.3, -0.25) is 0 Å². The summed E-state index contributed by atoms with van der Waals surface area (Å²) in [7, 11) is 0. The smallest absolute Gasteiger partial charge is 0.333 e. The van der Waals surface area contributed by atoms with Crippen LogP contribution in [0.3, 0.4) is 0 Å². The van der Waals surface area contributed by atoms with Crippen molar-refractivity contribution in [1.82, 2.24) is 0 Å². The summed E-state index contributed by atoms with van der Waals surface area (Å²) in [5, 5.41) is 0. The molecule has 0 aliphatic rings. The van der Waals surface area contributed by atoms with E-state index in [4.69, 9.17) is 4.74 Å². The highest BCUT2D eigenvalue weighted by Gasteiger charge is 2.12. The fraction of sp³-hybridized carbons (Fsp3) is 0.833. The second kappa shape index (κ2) is 13.2. The molecule has 0 fully saturated rings. The van der Waals surface area contributed by atoms with Crippen LogP contribution in [0.4, 0.5) is 0 Å². The van der Waals surface area contributed by atoms with Gasteiger partial charge in [0.1, 0.15) is 0 Å². The van der Waals surface area contributed by atoms with E-state index in [9.17, 15) is 4.79 Å². The molecule has 0 unspecified atom stereocenters. The normalized spacial score (nSPS) is 10.8. The predicted molar refractivity (Wildman–Crippen MR) is 86.8 cm³/mol. The van der Waals surface area contributed by atoms with Crippen LogP contribution in [-0.4, -0.2) is 12.6 Å². The van der Waals surface area contributed by atoms with Crippen LogP contribution >= 0.6 is 0 Å². The minimum absolute atomic E-state index is 0.239. The topological polar surface area (TPSA) is 26.3 Å². The van der Waals surface area contributed by atoms with Crippen LogP contribution in [0.1, 0.15) is 85.0 Å². The molecule has 118 valence electrons. The molecule has 0 rings (SSSR count). The molecule has 0 saturated carbocycles. The first-order chi connectivity index (χ1) is 9.61. The van der Waals surface area contributed by atoms with E-state index in [1.54, 1.807) is 6.92 Å². The van der Waals surface area contributed by atoms with Gasteiger partial charge in [0.05, 0.1) is 6.61 Å². The lowest BCUT2D eigenvalue weighted by atomic mass is 9.95. The van der Waals surface area contributed by atoms with E-state index in [1.807, 2.05) is 0 Å². The maximum atomic E-state index is 11.5. The summed E-state index contributed by atoms with van der Waals surface area (Å²) >= 11 is 0. The van der Waals surface area contributed by atoms with E-state index < -0.39 is 0 Å². The quantitative estimate of drug-likeness (QED) is 0.247. The van der Waals surface area contributed by atoms with Gasteiger partial charge in [-0.05, 0) is 25.7 Å². The molecular weight excluding hydrogens is 248 g/mol. The Morgan fingerprint density at radius 2 is 1.45 bits per heavy atom. The summed E-state index contributed by atoms with van der Waals surface area (Å²) in [6.07, 6.45) is 12.7. The lowest BCUT2D eigenvalue weighted by Gasteiger charge is -2.17. The highest BCUT2D eigenvalue weighted by atomic mass is 16.5. The van der Waals surface area contributed by atoms with Gasteiger partial charge in [-0.1, -0.05) is 71.8 Å². The first kappa shape index (κ1) is 19.2. The Morgan fingerprint density at radius 1 is 0.950 bits per heavy atom. The lowest BCUT2D eigenvalue weighted by Crippen LogP contribution is -2.15. The summed E-state index contributed by atoms with van der Waals surface area (Å²) in [6, 6.07) is 0. The molecule has 0 N–H and O–H groups in total. The summed E-state index contributed by atoms with van der Waals surface area (Å²) in [5.74, 6) is 0.295. The average Bonchev–Trinajstić information content (AvgIpc) is 2.43. The summed E-state index contributed by atoms with van der Waals surface area (Å²) < 4.78 is 5.34. The number of rotatable bonds is 13. The molecule has 0 aromatic heterocycles. The number of hydrogen-bond donors (Lipinski definition) is 0. The van der Waals surface area contributed by atoms with Crippen LogP contribution in [0, 0.1) is 5.92 Å². The van der Waals surface area contributed by atoms with Crippen molar-refractivity contribution >= 4 is 5.97 Å². The molecule has 0 radical (unpaired) electrons. The Morgan fingerprint density at radius 3 is 1.85 bits per heavy atom. The van der Waals surface area contributed by atoms with Crippen molar-refractivity contribution in [2.45, 2.75) is 85.0 Å². The van der Waals surface area contributed by atoms with Gasteiger partial charge >= 0.3 is 5.97 Å². The highest BCUT2D eigenvalue weighted by Crippen LogP contribution is 2.19. The third kappa shape index (κ3) is 11.1. The van der Waals surface area contributed by atoms with E-state index in [2.05, 4.69) is 20.4 Å². The zero-order chi connectivity index (χ0) is 15.2. The molecule has 0 bridgehead atoms. The minimum atomic E-state index is -0.239. The highest BCUT2D eigenvalue weighted by molar-refractivity contribution is 5.86. The summed E-state index contributed by atoms with van der Waals surface area (Å²) in [5.41, 5.74) is 0.501. The van der Waals surface area contributed by atoms with Gasteiger partial charge in [-0.25, -0.2) is 4.79 Å². The van der Waals surface area contributed by atoms with Gasteiger partial charge in [0, 0.05) is 5.57 Å². The molecule has 0 aliphatic carbocycles. The molecule has 0 aliphatic heterocycles. The van der Waals surface area contributed by atoms with Crippen LogP contribution < -0.4 is 0 Å². The summed E-state index contributed by atoms with van der Waals surface area (Å²) in [6.45, 7) is 10.4.